The highest BCUT2D eigenvalue weighted by atomic mass is 32.1. The fraction of sp³-hybridized carbons (Fsp3) is 0.786. The van der Waals surface area contributed by atoms with Gasteiger partial charge < -0.3 is 10.2 Å². The number of aryl methyl sites for hydroxylation is 2. The van der Waals surface area contributed by atoms with E-state index >= 15 is 0 Å². The number of nitrogens with zero attached hydrogens (tertiary/aromatic N) is 2. The van der Waals surface area contributed by atoms with E-state index in [-0.39, 0.29) is 5.54 Å². The van der Waals surface area contributed by atoms with Crippen LogP contribution in [0.4, 0.5) is 0 Å². The lowest BCUT2D eigenvalue weighted by Gasteiger charge is -2.41. The van der Waals surface area contributed by atoms with Gasteiger partial charge in [0.1, 0.15) is 5.01 Å². The van der Waals surface area contributed by atoms with Gasteiger partial charge in [-0.25, -0.2) is 4.98 Å². The molecule has 2 heterocycles. The zero-order valence-corrected chi connectivity index (χ0v) is 12.9. The molecule has 1 aliphatic heterocycles. The zero-order valence-electron chi connectivity index (χ0n) is 12.0. The molecular weight excluding hydrogens is 242 g/mol. The number of aromatic nitrogens is 1. The molecule has 3 nitrogen and oxygen atoms in total. The molecule has 0 bridgehead atoms. The van der Waals surface area contributed by atoms with Crippen LogP contribution in [0.3, 0.4) is 0 Å². The van der Waals surface area contributed by atoms with Crippen molar-refractivity contribution in [3.63, 3.8) is 0 Å². The van der Waals surface area contributed by atoms with Crippen LogP contribution in [0.5, 0.6) is 0 Å². The van der Waals surface area contributed by atoms with Crippen molar-refractivity contribution in [3.05, 3.63) is 15.6 Å². The lowest BCUT2D eigenvalue weighted by Crippen LogP contribution is -2.53. The Labute approximate surface area is 115 Å². The van der Waals surface area contributed by atoms with Gasteiger partial charge in [0.2, 0.25) is 0 Å². The maximum atomic E-state index is 4.82. The van der Waals surface area contributed by atoms with E-state index in [0.29, 0.717) is 0 Å². The molecule has 0 amide bonds. The first-order chi connectivity index (χ1) is 8.57. The molecule has 1 N–H and O–H groups in total. The van der Waals surface area contributed by atoms with Crippen molar-refractivity contribution in [1.29, 1.82) is 0 Å². The quantitative estimate of drug-likeness (QED) is 0.909. The van der Waals surface area contributed by atoms with E-state index in [1.54, 1.807) is 0 Å². The highest BCUT2D eigenvalue weighted by molar-refractivity contribution is 7.11. The van der Waals surface area contributed by atoms with Crippen LogP contribution in [0.15, 0.2) is 0 Å². The topological polar surface area (TPSA) is 28.2 Å². The molecule has 0 aliphatic carbocycles. The van der Waals surface area contributed by atoms with Crippen molar-refractivity contribution in [2.24, 2.45) is 0 Å². The maximum Gasteiger partial charge on any atom is 0.115 e. The van der Waals surface area contributed by atoms with Gasteiger partial charge in [-0.05, 0) is 53.2 Å². The summed E-state index contributed by atoms with van der Waals surface area (Å²) >= 11 is 1.87. The molecule has 0 saturated carbocycles. The SMILES string of the molecule is CCCNC1(c2nc(C)c(C)s2)CCCN(C)C1. The van der Waals surface area contributed by atoms with Gasteiger partial charge in [-0.2, -0.15) is 0 Å². The fourth-order valence-corrected chi connectivity index (χ4v) is 3.81. The van der Waals surface area contributed by atoms with Crippen LogP contribution in [0, 0.1) is 13.8 Å². The zero-order chi connectivity index (χ0) is 13.2. The van der Waals surface area contributed by atoms with Gasteiger partial charge in [-0.3, -0.25) is 0 Å². The summed E-state index contributed by atoms with van der Waals surface area (Å²) in [5.41, 5.74) is 1.29. The Morgan fingerprint density at radius 3 is 2.78 bits per heavy atom. The number of piperidine rings is 1. The molecule has 1 aromatic rings. The summed E-state index contributed by atoms with van der Waals surface area (Å²) < 4.78 is 0. The predicted octanol–water partition coefficient (Wildman–Crippen LogP) is 2.68. The lowest BCUT2D eigenvalue weighted by molar-refractivity contribution is 0.143. The molecule has 1 unspecified atom stereocenters. The van der Waals surface area contributed by atoms with Gasteiger partial charge in [-0.1, -0.05) is 6.92 Å². The molecule has 1 fully saturated rings. The molecule has 1 saturated heterocycles. The van der Waals surface area contributed by atoms with E-state index in [0.717, 1.165) is 13.1 Å². The third kappa shape index (κ3) is 2.76. The van der Waals surface area contributed by atoms with Crippen molar-refractivity contribution in [1.82, 2.24) is 15.2 Å². The third-order valence-electron chi connectivity index (χ3n) is 3.83. The van der Waals surface area contributed by atoms with Crippen molar-refractivity contribution < 1.29 is 0 Å². The van der Waals surface area contributed by atoms with Crippen LogP contribution < -0.4 is 5.32 Å². The minimum Gasteiger partial charge on any atom is -0.304 e. The van der Waals surface area contributed by atoms with Crippen molar-refractivity contribution in [2.75, 3.05) is 26.7 Å². The minimum absolute atomic E-state index is 0.0900. The van der Waals surface area contributed by atoms with Crippen LogP contribution >= 0.6 is 11.3 Å². The Morgan fingerprint density at radius 2 is 2.22 bits per heavy atom. The van der Waals surface area contributed by atoms with Crippen LogP contribution in [-0.2, 0) is 5.54 Å². The largest absolute Gasteiger partial charge is 0.304 e. The number of thiazole rings is 1. The Morgan fingerprint density at radius 1 is 1.44 bits per heavy atom. The van der Waals surface area contributed by atoms with Crippen LogP contribution in [-0.4, -0.2) is 36.6 Å². The second-order valence-electron chi connectivity index (χ2n) is 5.51. The number of likely N-dealkylation sites (N-methyl/N-ethyl adjacent to an activating group) is 1. The number of hydrogen-bond donors (Lipinski definition) is 1. The Bertz CT molecular complexity index is 382. The summed E-state index contributed by atoms with van der Waals surface area (Å²) in [6, 6.07) is 0. The first-order valence-electron chi connectivity index (χ1n) is 6.95. The van der Waals surface area contributed by atoms with Gasteiger partial charge in [-0.15, -0.1) is 11.3 Å². The molecule has 0 radical (unpaired) electrons. The average Bonchev–Trinajstić information content (AvgIpc) is 2.68. The second-order valence-corrected chi connectivity index (χ2v) is 6.71. The second kappa shape index (κ2) is 5.68. The molecule has 18 heavy (non-hydrogen) atoms. The van der Waals surface area contributed by atoms with Gasteiger partial charge in [0.05, 0.1) is 11.2 Å². The van der Waals surface area contributed by atoms with Gasteiger partial charge in [0.25, 0.3) is 0 Å². The number of rotatable bonds is 4. The predicted molar refractivity (Wildman–Crippen MR) is 78.3 cm³/mol. The molecule has 2 rings (SSSR count). The lowest BCUT2D eigenvalue weighted by atomic mass is 9.89. The molecule has 1 aliphatic rings. The minimum atomic E-state index is 0.0900. The summed E-state index contributed by atoms with van der Waals surface area (Å²) in [6.45, 7) is 9.89. The van der Waals surface area contributed by atoms with E-state index in [1.807, 2.05) is 11.3 Å². The smallest absolute Gasteiger partial charge is 0.115 e. The van der Waals surface area contributed by atoms with E-state index in [4.69, 9.17) is 4.98 Å². The molecule has 1 aromatic heterocycles. The normalized spacial score (nSPS) is 25.6. The summed E-state index contributed by atoms with van der Waals surface area (Å²) in [5.74, 6) is 0. The van der Waals surface area contributed by atoms with Gasteiger partial charge >= 0.3 is 0 Å². The van der Waals surface area contributed by atoms with E-state index in [2.05, 4.69) is 38.0 Å². The van der Waals surface area contributed by atoms with Gasteiger partial charge in [0.15, 0.2) is 0 Å². The molecule has 0 aromatic carbocycles. The summed E-state index contributed by atoms with van der Waals surface area (Å²) in [5, 5.41) is 5.07. The number of nitrogens with one attached hydrogen (secondary N) is 1. The molecule has 4 heteroatoms. The summed E-state index contributed by atoms with van der Waals surface area (Å²) in [7, 11) is 2.22. The molecular formula is C14H25N3S. The van der Waals surface area contributed by atoms with Gasteiger partial charge in [0, 0.05) is 11.4 Å². The molecule has 0 spiro atoms. The number of hydrogen-bond acceptors (Lipinski definition) is 4. The monoisotopic (exact) mass is 267 g/mol. The third-order valence-corrected chi connectivity index (χ3v) is 5.11. The standard InChI is InChI=1S/C14H25N3S/c1-5-8-15-14(7-6-9-17(4)10-14)13-16-11(2)12(3)18-13/h15H,5-10H2,1-4H3. The van der Waals surface area contributed by atoms with Crippen LogP contribution in [0.1, 0.15) is 41.8 Å². The first kappa shape index (κ1) is 14.0. The Kier molecular flexibility index (Phi) is 4.41. The molecule has 1 atom stereocenters. The summed E-state index contributed by atoms with van der Waals surface area (Å²) in [6.07, 6.45) is 3.64. The van der Waals surface area contributed by atoms with Crippen molar-refractivity contribution in [3.8, 4) is 0 Å². The maximum absolute atomic E-state index is 4.82. The van der Waals surface area contributed by atoms with E-state index < -0.39 is 0 Å². The Balaban J connectivity index is 2.28. The van der Waals surface area contributed by atoms with E-state index in [9.17, 15) is 0 Å². The van der Waals surface area contributed by atoms with Crippen molar-refractivity contribution in [2.45, 2.75) is 45.6 Å². The summed E-state index contributed by atoms with van der Waals surface area (Å²) in [4.78, 5) is 8.61. The molecule has 102 valence electrons. The Hall–Kier alpha value is -0.450. The fourth-order valence-electron chi connectivity index (χ4n) is 2.71. The van der Waals surface area contributed by atoms with E-state index in [1.165, 1.54) is 41.4 Å². The highest BCUT2D eigenvalue weighted by Gasteiger charge is 2.38. The van der Waals surface area contributed by atoms with Crippen molar-refractivity contribution >= 4 is 11.3 Å². The first-order valence-corrected chi connectivity index (χ1v) is 7.77. The van der Waals surface area contributed by atoms with Crippen LogP contribution in [0.2, 0.25) is 0 Å². The number of likely N-dealkylation sites (tertiary alicyclic amines) is 1. The van der Waals surface area contributed by atoms with Crippen LogP contribution in [0.25, 0.3) is 0 Å². The highest BCUT2D eigenvalue weighted by Crippen LogP contribution is 2.34. The average molecular weight is 267 g/mol.